The van der Waals surface area contributed by atoms with Crippen LogP contribution in [-0.2, 0) is 13.6 Å². The minimum atomic E-state index is -0.389. The molecule has 0 aliphatic heterocycles. The molecule has 1 aromatic carbocycles. The number of hydrogen-bond donors (Lipinski definition) is 0. The molecule has 0 fully saturated rings. The van der Waals surface area contributed by atoms with Crippen LogP contribution in [0.5, 0.6) is 0 Å². The van der Waals surface area contributed by atoms with E-state index in [0.29, 0.717) is 0 Å². The molecule has 0 N–H and O–H groups in total. The van der Waals surface area contributed by atoms with Crippen molar-refractivity contribution in [3.05, 3.63) is 58.7 Å². The van der Waals surface area contributed by atoms with Gasteiger partial charge in [0.05, 0.1) is 12.0 Å². The first-order chi connectivity index (χ1) is 7.65. The number of nitro benzene ring substituents is 1. The minimum absolute atomic E-state index is 0. The lowest BCUT2D eigenvalue weighted by molar-refractivity contribution is -0.671. The molecule has 17 heavy (non-hydrogen) atoms. The van der Waals surface area contributed by atoms with E-state index in [-0.39, 0.29) is 27.6 Å². The highest BCUT2D eigenvalue weighted by Crippen LogP contribution is 2.12. The van der Waals surface area contributed by atoms with E-state index in [2.05, 4.69) is 0 Å². The fourth-order valence-corrected chi connectivity index (χ4v) is 1.53. The van der Waals surface area contributed by atoms with Gasteiger partial charge in [-0.05, 0) is 17.7 Å². The van der Waals surface area contributed by atoms with E-state index in [1.165, 1.54) is 12.1 Å². The Morgan fingerprint density at radius 3 is 2.47 bits per heavy atom. The van der Waals surface area contributed by atoms with Crippen molar-refractivity contribution in [2.45, 2.75) is 6.54 Å². The van der Waals surface area contributed by atoms with Gasteiger partial charge in [0.2, 0.25) is 6.33 Å². The van der Waals surface area contributed by atoms with Crippen LogP contribution in [0.25, 0.3) is 0 Å². The zero-order valence-electron chi connectivity index (χ0n) is 9.28. The number of hydrogen-bond acceptors (Lipinski definition) is 2. The summed E-state index contributed by atoms with van der Waals surface area (Å²) in [6.07, 6.45) is 5.87. The first kappa shape index (κ1) is 13.4. The van der Waals surface area contributed by atoms with E-state index in [4.69, 9.17) is 0 Å². The Morgan fingerprint density at radius 2 is 2.00 bits per heavy atom. The van der Waals surface area contributed by atoms with E-state index in [1.54, 1.807) is 12.1 Å². The molecule has 0 aliphatic rings. The average Bonchev–Trinajstić information content (AvgIpc) is 2.65. The molecular formula is C11H12BrN3O2. The lowest BCUT2D eigenvalue weighted by Gasteiger charge is -1.97. The monoisotopic (exact) mass is 297 g/mol. The molecular weight excluding hydrogens is 286 g/mol. The molecule has 0 aliphatic carbocycles. The number of rotatable bonds is 3. The molecule has 5 nitrogen and oxygen atoms in total. The van der Waals surface area contributed by atoms with Gasteiger partial charge in [0.25, 0.3) is 5.69 Å². The summed E-state index contributed by atoms with van der Waals surface area (Å²) in [5.74, 6) is 0. The highest BCUT2D eigenvalue weighted by atomic mass is 79.9. The summed E-state index contributed by atoms with van der Waals surface area (Å²) < 4.78 is 3.96. The van der Waals surface area contributed by atoms with Gasteiger partial charge in [0.1, 0.15) is 18.9 Å². The molecule has 0 unspecified atom stereocenters. The number of aromatic nitrogens is 2. The summed E-state index contributed by atoms with van der Waals surface area (Å²) in [4.78, 5) is 10.1. The highest BCUT2D eigenvalue weighted by Gasteiger charge is 2.06. The van der Waals surface area contributed by atoms with Gasteiger partial charge >= 0.3 is 0 Å². The van der Waals surface area contributed by atoms with Crippen molar-refractivity contribution in [3.8, 4) is 0 Å². The van der Waals surface area contributed by atoms with Crippen LogP contribution in [0.4, 0.5) is 5.69 Å². The third-order valence-corrected chi connectivity index (χ3v) is 2.34. The third kappa shape index (κ3) is 3.39. The Labute approximate surface area is 109 Å². The van der Waals surface area contributed by atoms with E-state index in [1.807, 2.05) is 34.9 Å². The highest BCUT2D eigenvalue weighted by molar-refractivity contribution is 5.32. The number of benzene rings is 1. The smallest absolute Gasteiger partial charge is 0.269 e. The van der Waals surface area contributed by atoms with Gasteiger partial charge in [0, 0.05) is 12.1 Å². The van der Waals surface area contributed by atoms with Gasteiger partial charge in [0.15, 0.2) is 0 Å². The van der Waals surface area contributed by atoms with Crippen molar-refractivity contribution in [3.63, 3.8) is 0 Å². The molecule has 1 aromatic heterocycles. The first-order valence-electron chi connectivity index (χ1n) is 4.89. The normalized spacial score (nSPS) is 9.71. The molecule has 0 radical (unpaired) electrons. The quantitative estimate of drug-likeness (QED) is 0.384. The maximum Gasteiger partial charge on any atom is 0.269 e. The molecule has 2 aromatic rings. The molecule has 0 saturated carbocycles. The maximum absolute atomic E-state index is 10.5. The minimum Gasteiger partial charge on any atom is -1.00 e. The SMILES string of the molecule is C[n+]1ccn(Cc2ccc([N+](=O)[O-])cc2)c1.[Br-]. The van der Waals surface area contributed by atoms with Crippen LogP contribution in [0.1, 0.15) is 5.56 Å². The molecule has 0 bridgehead atoms. The lowest BCUT2D eigenvalue weighted by atomic mass is 10.2. The Bertz CT molecular complexity index is 508. The number of nitro groups is 1. The Balaban J connectivity index is 0.00000144. The molecule has 0 saturated heterocycles. The van der Waals surface area contributed by atoms with E-state index >= 15 is 0 Å². The molecule has 0 atom stereocenters. The molecule has 1 heterocycles. The number of imidazole rings is 1. The van der Waals surface area contributed by atoms with Crippen LogP contribution in [0.2, 0.25) is 0 Å². The average molecular weight is 298 g/mol. The second-order valence-electron chi connectivity index (χ2n) is 3.67. The molecule has 6 heteroatoms. The number of aryl methyl sites for hydroxylation is 1. The van der Waals surface area contributed by atoms with E-state index < -0.39 is 0 Å². The van der Waals surface area contributed by atoms with Crippen molar-refractivity contribution in [1.29, 1.82) is 0 Å². The summed E-state index contributed by atoms with van der Waals surface area (Å²) in [6, 6.07) is 6.61. The van der Waals surface area contributed by atoms with Crippen molar-refractivity contribution in [2.75, 3.05) is 0 Å². The van der Waals surface area contributed by atoms with Crippen molar-refractivity contribution < 1.29 is 26.5 Å². The molecule has 0 amide bonds. The van der Waals surface area contributed by atoms with Crippen molar-refractivity contribution >= 4 is 5.69 Å². The summed E-state index contributed by atoms with van der Waals surface area (Å²) >= 11 is 0. The van der Waals surface area contributed by atoms with Crippen LogP contribution in [-0.4, -0.2) is 9.49 Å². The predicted octanol–water partition coefficient (Wildman–Crippen LogP) is -1.73. The van der Waals surface area contributed by atoms with Gasteiger partial charge in [-0.1, -0.05) is 0 Å². The third-order valence-electron chi connectivity index (χ3n) is 2.34. The van der Waals surface area contributed by atoms with Gasteiger partial charge in [-0.15, -0.1) is 0 Å². The number of halogens is 1. The van der Waals surface area contributed by atoms with Crippen LogP contribution in [0, 0.1) is 10.1 Å². The second-order valence-corrected chi connectivity index (χ2v) is 3.67. The largest absolute Gasteiger partial charge is 1.00 e. The summed E-state index contributed by atoms with van der Waals surface area (Å²) in [5.41, 5.74) is 1.17. The maximum atomic E-state index is 10.5. The topological polar surface area (TPSA) is 52.0 Å². The lowest BCUT2D eigenvalue weighted by Crippen LogP contribution is -3.00. The zero-order valence-corrected chi connectivity index (χ0v) is 10.9. The summed E-state index contributed by atoms with van der Waals surface area (Å²) in [7, 11) is 1.95. The molecule has 0 spiro atoms. The Kier molecular flexibility index (Phi) is 4.39. The van der Waals surface area contributed by atoms with Crippen LogP contribution < -0.4 is 21.5 Å². The predicted molar refractivity (Wildman–Crippen MR) is 57.8 cm³/mol. The molecule has 90 valence electrons. The molecule has 2 rings (SSSR count). The Morgan fingerprint density at radius 1 is 1.35 bits per heavy atom. The van der Waals surface area contributed by atoms with Crippen LogP contribution in [0.3, 0.4) is 0 Å². The van der Waals surface area contributed by atoms with Crippen molar-refractivity contribution in [2.24, 2.45) is 7.05 Å². The summed E-state index contributed by atoms with van der Waals surface area (Å²) in [6.45, 7) is 0.721. The van der Waals surface area contributed by atoms with Crippen LogP contribution >= 0.6 is 0 Å². The fourth-order valence-electron chi connectivity index (χ4n) is 1.53. The van der Waals surface area contributed by atoms with Gasteiger partial charge in [-0.2, -0.15) is 0 Å². The summed E-state index contributed by atoms with van der Waals surface area (Å²) in [5, 5.41) is 10.5. The second kappa shape index (κ2) is 5.58. The Hall–Kier alpha value is -1.69. The first-order valence-corrected chi connectivity index (χ1v) is 4.89. The zero-order chi connectivity index (χ0) is 11.5. The number of nitrogens with zero attached hydrogens (tertiary/aromatic N) is 3. The van der Waals surface area contributed by atoms with Gasteiger partial charge < -0.3 is 17.0 Å². The fraction of sp³-hybridized carbons (Fsp3) is 0.182. The standard InChI is InChI=1S/C11H12N3O2.BrH/c1-12-6-7-13(9-12)8-10-2-4-11(5-3-10)14(15)16;/h2-7,9H,8H2,1H3;1H/q+1;/p-1. The van der Waals surface area contributed by atoms with Gasteiger partial charge in [-0.3, -0.25) is 10.1 Å². The number of non-ortho nitro benzene ring substituents is 1. The van der Waals surface area contributed by atoms with E-state index in [9.17, 15) is 10.1 Å². The van der Waals surface area contributed by atoms with Crippen molar-refractivity contribution in [1.82, 2.24) is 4.57 Å². The van der Waals surface area contributed by atoms with E-state index in [0.717, 1.165) is 12.1 Å². The van der Waals surface area contributed by atoms with Crippen LogP contribution in [0.15, 0.2) is 43.0 Å². The van der Waals surface area contributed by atoms with Gasteiger partial charge in [-0.25, -0.2) is 9.13 Å².